The Bertz CT molecular complexity index is 850. The summed E-state index contributed by atoms with van der Waals surface area (Å²) in [6.45, 7) is 7.64. The largest absolute Gasteiger partial charge is 0.493 e. The Balaban J connectivity index is 0.00000341. The van der Waals surface area contributed by atoms with Gasteiger partial charge in [0.25, 0.3) is 0 Å². The van der Waals surface area contributed by atoms with Gasteiger partial charge in [-0.05, 0) is 37.1 Å². The summed E-state index contributed by atoms with van der Waals surface area (Å²) in [6.07, 6.45) is 0.562. The molecule has 2 unspecified atom stereocenters. The van der Waals surface area contributed by atoms with Crippen molar-refractivity contribution in [3.63, 3.8) is 0 Å². The monoisotopic (exact) mass is 540 g/mol. The second-order valence-electron chi connectivity index (χ2n) is 7.66. The van der Waals surface area contributed by atoms with Crippen LogP contribution in [0.3, 0.4) is 0 Å². The van der Waals surface area contributed by atoms with E-state index in [1.54, 1.807) is 14.2 Å². The van der Waals surface area contributed by atoms with Crippen molar-refractivity contribution in [2.75, 3.05) is 32.6 Å². The van der Waals surface area contributed by atoms with Gasteiger partial charge in [0.2, 0.25) is 0 Å². The molecule has 7 nitrogen and oxygen atoms in total. The molecular weight excluding hydrogens is 507 g/mol. The van der Waals surface area contributed by atoms with Gasteiger partial charge < -0.3 is 25.3 Å². The zero-order valence-electron chi connectivity index (χ0n) is 18.6. The fraction of sp³-hybridized carbons (Fsp3) is 0.435. The molecule has 1 aliphatic heterocycles. The summed E-state index contributed by atoms with van der Waals surface area (Å²) in [6, 6.07) is 14.0. The molecule has 2 atom stereocenters. The van der Waals surface area contributed by atoms with Gasteiger partial charge in [0.15, 0.2) is 17.5 Å². The molecule has 0 aliphatic carbocycles. The third kappa shape index (κ3) is 7.55. The van der Waals surface area contributed by atoms with Crippen LogP contribution in [0.25, 0.3) is 0 Å². The van der Waals surface area contributed by atoms with Gasteiger partial charge in [0.1, 0.15) is 0 Å². The minimum absolute atomic E-state index is 0. The Labute approximate surface area is 202 Å². The molecular formula is C23H33IN4O3. The van der Waals surface area contributed by atoms with E-state index in [2.05, 4.69) is 53.3 Å². The number of morpholine rings is 1. The van der Waals surface area contributed by atoms with Crippen LogP contribution in [0.5, 0.6) is 11.5 Å². The first-order valence-electron chi connectivity index (χ1n) is 10.2. The maximum Gasteiger partial charge on any atom is 0.193 e. The van der Waals surface area contributed by atoms with Crippen LogP contribution in [0.1, 0.15) is 25.0 Å². The summed E-state index contributed by atoms with van der Waals surface area (Å²) >= 11 is 0. The molecule has 1 heterocycles. The number of rotatable bonds is 7. The summed E-state index contributed by atoms with van der Waals surface area (Å²) < 4.78 is 16.4. The molecule has 0 radical (unpaired) electrons. The van der Waals surface area contributed by atoms with Crippen LogP contribution in [0, 0.1) is 0 Å². The van der Waals surface area contributed by atoms with Crippen molar-refractivity contribution in [3.8, 4) is 11.5 Å². The Morgan fingerprint density at radius 1 is 1.03 bits per heavy atom. The molecule has 0 aromatic heterocycles. The third-order valence-electron chi connectivity index (χ3n) is 5.01. The van der Waals surface area contributed by atoms with E-state index in [0.29, 0.717) is 24.0 Å². The molecule has 0 bridgehead atoms. The smallest absolute Gasteiger partial charge is 0.193 e. The lowest BCUT2D eigenvalue weighted by Gasteiger charge is -2.35. The fourth-order valence-electron chi connectivity index (χ4n) is 3.70. The van der Waals surface area contributed by atoms with Crippen LogP contribution in [0.4, 0.5) is 5.69 Å². The number of guanidine groups is 1. The summed E-state index contributed by atoms with van der Waals surface area (Å²) in [4.78, 5) is 6.88. The number of nitrogens with zero attached hydrogens (tertiary/aromatic N) is 2. The number of hydrogen-bond donors (Lipinski definition) is 2. The molecule has 1 saturated heterocycles. The second-order valence-corrected chi connectivity index (χ2v) is 7.66. The molecule has 2 aromatic carbocycles. The number of methoxy groups -OCH3 is 2. The molecule has 0 amide bonds. The average Bonchev–Trinajstić information content (AvgIpc) is 2.72. The number of halogens is 1. The lowest BCUT2D eigenvalue weighted by Crippen LogP contribution is -2.44. The van der Waals surface area contributed by atoms with Gasteiger partial charge in [0.05, 0.1) is 33.0 Å². The normalized spacial score (nSPS) is 19.4. The van der Waals surface area contributed by atoms with Crippen LogP contribution >= 0.6 is 24.0 Å². The molecule has 2 aromatic rings. The van der Waals surface area contributed by atoms with Gasteiger partial charge in [-0.2, -0.15) is 0 Å². The highest BCUT2D eigenvalue weighted by atomic mass is 127. The average molecular weight is 540 g/mol. The van der Waals surface area contributed by atoms with E-state index >= 15 is 0 Å². The van der Waals surface area contributed by atoms with Crippen molar-refractivity contribution in [2.24, 2.45) is 10.7 Å². The van der Waals surface area contributed by atoms with Gasteiger partial charge >= 0.3 is 0 Å². The summed E-state index contributed by atoms with van der Waals surface area (Å²) in [7, 11) is 3.21. The standard InChI is InChI=1S/C23H32N4O3.HI/c1-16-13-27(14-17(2)30-16)15-19-7-5-18(6-8-19)12-25-23(24)26-20-9-10-21(28-3)22(11-20)29-4;/h5-11,16-17H,12-15H2,1-4H3,(H3,24,25,26);1H. The number of nitrogens with two attached hydrogens (primary N) is 1. The van der Waals surface area contributed by atoms with Gasteiger partial charge in [-0.25, -0.2) is 4.99 Å². The summed E-state index contributed by atoms with van der Waals surface area (Å²) in [5.74, 6) is 1.65. The highest BCUT2D eigenvalue weighted by Gasteiger charge is 2.21. The number of aliphatic imine (C=N–C) groups is 1. The SMILES string of the molecule is COc1ccc(NC(N)=NCc2ccc(CN3CC(C)OC(C)C3)cc2)cc1OC.I. The van der Waals surface area contributed by atoms with Crippen molar-refractivity contribution in [1.29, 1.82) is 0 Å². The van der Waals surface area contributed by atoms with Crippen molar-refractivity contribution in [3.05, 3.63) is 53.6 Å². The summed E-state index contributed by atoms with van der Waals surface area (Å²) in [5, 5.41) is 3.09. The maximum absolute atomic E-state index is 6.04. The highest BCUT2D eigenvalue weighted by Crippen LogP contribution is 2.29. The van der Waals surface area contributed by atoms with E-state index in [4.69, 9.17) is 19.9 Å². The van der Waals surface area contributed by atoms with Crippen LogP contribution in [-0.2, 0) is 17.8 Å². The number of benzene rings is 2. The molecule has 3 rings (SSSR count). The van der Waals surface area contributed by atoms with E-state index in [0.717, 1.165) is 30.9 Å². The van der Waals surface area contributed by atoms with E-state index in [1.807, 2.05) is 18.2 Å². The summed E-state index contributed by atoms with van der Waals surface area (Å²) in [5.41, 5.74) is 9.24. The molecule has 8 heteroatoms. The van der Waals surface area contributed by atoms with Crippen molar-refractivity contribution in [2.45, 2.75) is 39.1 Å². The number of anilines is 1. The second kappa shape index (κ2) is 12.1. The van der Waals surface area contributed by atoms with E-state index in [-0.39, 0.29) is 36.2 Å². The predicted octanol–water partition coefficient (Wildman–Crippen LogP) is 3.86. The first kappa shape index (κ1) is 25.2. The van der Waals surface area contributed by atoms with Gasteiger partial charge in [-0.3, -0.25) is 4.90 Å². The molecule has 31 heavy (non-hydrogen) atoms. The van der Waals surface area contributed by atoms with Crippen LogP contribution in [-0.4, -0.2) is 50.4 Å². The molecule has 1 fully saturated rings. The first-order chi connectivity index (χ1) is 14.5. The molecule has 3 N–H and O–H groups in total. The fourth-order valence-corrected chi connectivity index (χ4v) is 3.70. The lowest BCUT2D eigenvalue weighted by molar-refractivity contribution is -0.0704. The van der Waals surface area contributed by atoms with Crippen LogP contribution in [0.15, 0.2) is 47.5 Å². The Morgan fingerprint density at radius 2 is 1.65 bits per heavy atom. The van der Waals surface area contributed by atoms with E-state index in [9.17, 15) is 0 Å². The minimum Gasteiger partial charge on any atom is -0.493 e. The van der Waals surface area contributed by atoms with Crippen LogP contribution < -0.4 is 20.5 Å². The third-order valence-corrected chi connectivity index (χ3v) is 5.01. The van der Waals surface area contributed by atoms with E-state index < -0.39 is 0 Å². The molecule has 0 spiro atoms. The highest BCUT2D eigenvalue weighted by molar-refractivity contribution is 14.0. The lowest BCUT2D eigenvalue weighted by atomic mass is 10.1. The minimum atomic E-state index is 0. The predicted molar refractivity (Wildman–Crippen MR) is 136 cm³/mol. The Kier molecular flexibility index (Phi) is 9.86. The maximum atomic E-state index is 6.04. The van der Waals surface area contributed by atoms with Crippen molar-refractivity contribution in [1.82, 2.24) is 4.90 Å². The number of hydrogen-bond acceptors (Lipinski definition) is 5. The van der Waals surface area contributed by atoms with Crippen LogP contribution in [0.2, 0.25) is 0 Å². The van der Waals surface area contributed by atoms with Gasteiger partial charge in [0, 0.05) is 31.4 Å². The van der Waals surface area contributed by atoms with E-state index in [1.165, 1.54) is 5.56 Å². The quantitative estimate of drug-likeness (QED) is 0.316. The Morgan fingerprint density at radius 3 is 2.26 bits per heavy atom. The number of nitrogens with one attached hydrogen (secondary N) is 1. The van der Waals surface area contributed by atoms with Gasteiger partial charge in [-0.1, -0.05) is 24.3 Å². The first-order valence-corrected chi connectivity index (χ1v) is 10.2. The van der Waals surface area contributed by atoms with Gasteiger partial charge in [-0.15, -0.1) is 24.0 Å². The topological polar surface area (TPSA) is 81.3 Å². The number of ether oxygens (including phenoxy) is 3. The zero-order valence-corrected chi connectivity index (χ0v) is 21.0. The van der Waals surface area contributed by atoms with Crippen molar-refractivity contribution >= 4 is 35.6 Å². The zero-order chi connectivity index (χ0) is 21.5. The molecule has 170 valence electrons. The molecule has 1 aliphatic rings. The Hall–Kier alpha value is -2.04. The van der Waals surface area contributed by atoms with Crippen molar-refractivity contribution < 1.29 is 14.2 Å². The molecule has 0 saturated carbocycles.